The molecule has 0 saturated carbocycles. The molecule has 1 amide bonds. The van der Waals surface area contributed by atoms with Gasteiger partial charge in [-0.3, -0.25) is 4.79 Å². The van der Waals surface area contributed by atoms with E-state index in [4.69, 9.17) is 4.74 Å². The van der Waals surface area contributed by atoms with Crippen LogP contribution in [0.4, 0.5) is 9.52 Å². The van der Waals surface area contributed by atoms with Crippen molar-refractivity contribution in [3.63, 3.8) is 0 Å². The molecule has 3 aromatic rings. The third kappa shape index (κ3) is 4.15. The van der Waals surface area contributed by atoms with E-state index in [1.807, 2.05) is 19.1 Å². The second-order valence-corrected chi connectivity index (χ2v) is 10.3. The molecular weight excluding hydrogens is 441 g/mol. The molecule has 1 N–H and O–H groups in total. The Kier molecular flexibility index (Phi) is 5.96. The Morgan fingerprint density at radius 2 is 1.94 bits per heavy atom. The fourth-order valence-corrected chi connectivity index (χ4v) is 6.18. The minimum Gasteiger partial charge on any atom is -0.494 e. The van der Waals surface area contributed by atoms with E-state index in [9.17, 15) is 17.6 Å². The number of anilines is 1. The van der Waals surface area contributed by atoms with Gasteiger partial charge in [0.05, 0.1) is 11.8 Å². The van der Waals surface area contributed by atoms with Gasteiger partial charge in [-0.1, -0.05) is 29.5 Å². The molecule has 31 heavy (non-hydrogen) atoms. The SMILES string of the molecule is COc1ccc(C)c2sc(NC(=O)C3CCN(S(=O)(=O)c4ccccc4F)CC3)nc12. The molecule has 0 aliphatic carbocycles. The van der Waals surface area contributed by atoms with Crippen molar-refractivity contribution in [3.8, 4) is 5.75 Å². The van der Waals surface area contributed by atoms with Crippen LogP contribution >= 0.6 is 11.3 Å². The van der Waals surface area contributed by atoms with Crippen molar-refractivity contribution in [2.24, 2.45) is 5.92 Å². The lowest BCUT2D eigenvalue weighted by Gasteiger charge is -2.30. The summed E-state index contributed by atoms with van der Waals surface area (Å²) < 4.78 is 47.0. The number of sulfonamides is 1. The fourth-order valence-electron chi connectivity index (χ4n) is 3.69. The molecule has 2 aromatic carbocycles. The molecule has 4 rings (SSSR count). The summed E-state index contributed by atoms with van der Waals surface area (Å²) in [7, 11) is -2.35. The monoisotopic (exact) mass is 463 g/mol. The first-order chi connectivity index (χ1) is 14.8. The largest absolute Gasteiger partial charge is 0.494 e. The minimum absolute atomic E-state index is 0.154. The van der Waals surface area contributed by atoms with Crippen LogP contribution in [0, 0.1) is 18.7 Å². The zero-order valence-corrected chi connectivity index (χ0v) is 18.7. The number of carbonyl (C=O) groups is 1. The van der Waals surface area contributed by atoms with Crippen LogP contribution < -0.4 is 10.1 Å². The molecule has 10 heteroatoms. The van der Waals surface area contributed by atoms with Crippen molar-refractivity contribution >= 4 is 42.6 Å². The van der Waals surface area contributed by atoms with Gasteiger partial charge in [0.1, 0.15) is 22.0 Å². The molecule has 1 fully saturated rings. The zero-order valence-electron chi connectivity index (χ0n) is 17.1. The molecule has 1 aliphatic heterocycles. The summed E-state index contributed by atoms with van der Waals surface area (Å²) in [4.78, 5) is 16.9. The van der Waals surface area contributed by atoms with Crippen molar-refractivity contribution in [2.45, 2.75) is 24.7 Å². The first-order valence-electron chi connectivity index (χ1n) is 9.81. The number of rotatable bonds is 5. The van der Waals surface area contributed by atoms with Crippen LogP contribution in [0.15, 0.2) is 41.3 Å². The number of fused-ring (bicyclic) bond motifs is 1. The summed E-state index contributed by atoms with van der Waals surface area (Å²) >= 11 is 1.38. The van der Waals surface area contributed by atoms with Crippen LogP contribution in [0.1, 0.15) is 18.4 Å². The Hall–Kier alpha value is -2.56. The van der Waals surface area contributed by atoms with E-state index in [0.29, 0.717) is 29.2 Å². The number of hydrogen-bond donors (Lipinski definition) is 1. The van der Waals surface area contributed by atoms with Gasteiger partial charge < -0.3 is 10.1 Å². The van der Waals surface area contributed by atoms with E-state index in [0.717, 1.165) is 16.3 Å². The summed E-state index contributed by atoms with van der Waals surface area (Å²) in [5.74, 6) is -0.673. The fraction of sp³-hybridized carbons (Fsp3) is 0.333. The van der Waals surface area contributed by atoms with Crippen LogP contribution in [0.3, 0.4) is 0 Å². The summed E-state index contributed by atoms with van der Waals surface area (Å²) in [5, 5.41) is 3.34. The molecule has 1 aromatic heterocycles. The summed E-state index contributed by atoms with van der Waals surface area (Å²) in [6, 6.07) is 9.11. The first kappa shape index (κ1) is 21.7. The lowest BCUT2D eigenvalue weighted by Crippen LogP contribution is -2.41. The van der Waals surface area contributed by atoms with Gasteiger partial charge in [-0.25, -0.2) is 17.8 Å². The first-order valence-corrected chi connectivity index (χ1v) is 12.1. The second-order valence-electron chi connectivity index (χ2n) is 7.38. The number of nitrogens with zero attached hydrogens (tertiary/aromatic N) is 2. The molecule has 0 unspecified atom stereocenters. The van der Waals surface area contributed by atoms with E-state index in [-0.39, 0.29) is 29.8 Å². The number of piperidine rings is 1. The average molecular weight is 464 g/mol. The lowest BCUT2D eigenvalue weighted by atomic mass is 9.97. The van der Waals surface area contributed by atoms with Gasteiger partial charge in [-0.05, 0) is 43.5 Å². The van der Waals surface area contributed by atoms with E-state index >= 15 is 0 Å². The number of amides is 1. The molecule has 7 nitrogen and oxygen atoms in total. The Labute approximate surface area is 183 Å². The molecule has 1 saturated heterocycles. The van der Waals surface area contributed by atoms with Crippen LogP contribution in [-0.4, -0.2) is 43.8 Å². The maximum absolute atomic E-state index is 14.0. The normalized spacial score (nSPS) is 15.8. The number of thiazole rings is 1. The molecule has 0 spiro atoms. The Balaban J connectivity index is 1.44. The Morgan fingerprint density at radius 1 is 1.23 bits per heavy atom. The quantitative estimate of drug-likeness (QED) is 0.622. The van der Waals surface area contributed by atoms with Crippen molar-refractivity contribution < 1.29 is 22.3 Å². The predicted octanol–water partition coefficient (Wildman–Crippen LogP) is 3.79. The number of benzene rings is 2. The van der Waals surface area contributed by atoms with Gasteiger partial charge in [-0.15, -0.1) is 0 Å². The third-order valence-corrected chi connectivity index (χ3v) is 8.47. The van der Waals surface area contributed by atoms with Gasteiger partial charge in [0.15, 0.2) is 5.13 Å². The Morgan fingerprint density at radius 3 is 2.61 bits per heavy atom. The number of hydrogen-bond acceptors (Lipinski definition) is 6. The number of aromatic nitrogens is 1. The van der Waals surface area contributed by atoms with E-state index in [1.54, 1.807) is 7.11 Å². The van der Waals surface area contributed by atoms with Gasteiger partial charge in [0.25, 0.3) is 0 Å². The van der Waals surface area contributed by atoms with Gasteiger partial charge in [0.2, 0.25) is 15.9 Å². The molecule has 164 valence electrons. The number of carbonyl (C=O) groups excluding carboxylic acids is 1. The predicted molar refractivity (Wildman–Crippen MR) is 117 cm³/mol. The number of nitrogens with one attached hydrogen (secondary N) is 1. The molecule has 1 aliphatic rings. The highest BCUT2D eigenvalue weighted by Crippen LogP contribution is 2.35. The number of methoxy groups -OCH3 is 1. The Bertz CT molecular complexity index is 1230. The van der Waals surface area contributed by atoms with Crippen LogP contribution in [0.25, 0.3) is 10.2 Å². The molecule has 0 radical (unpaired) electrons. The van der Waals surface area contributed by atoms with Crippen LogP contribution in [0.2, 0.25) is 0 Å². The molecule has 0 bridgehead atoms. The van der Waals surface area contributed by atoms with Crippen molar-refractivity contribution in [2.75, 3.05) is 25.5 Å². The van der Waals surface area contributed by atoms with E-state index in [1.165, 1.54) is 33.8 Å². The van der Waals surface area contributed by atoms with E-state index < -0.39 is 15.8 Å². The van der Waals surface area contributed by atoms with Gasteiger partial charge in [0, 0.05) is 19.0 Å². The third-order valence-electron chi connectivity index (χ3n) is 5.43. The second kappa shape index (κ2) is 8.52. The van der Waals surface area contributed by atoms with Crippen LogP contribution in [0.5, 0.6) is 5.75 Å². The molecular formula is C21H22FN3O4S2. The number of ether oxygens (including phenoxy) is 1. The molecule has 2 heterocycles. The maximum atomic E-state index is 14.0. The van der Waals surface area contributed by atoms with Crippen LogP contribution in [-0.2, 0) is 14.8 Å². The summed E-state index contributed by atoms with van der Waals surface area (Å²) in [5.41, 5.74) is 1.74. The lowest BCUT2D eigenvalue weighted by molar-refractivity contribution is -0.120. The van der Waals surface area contributed by atoms with Gasteiger partial charge >= 0.3 is 0 Å². The molecule has 0 atom stereocenters. The van der Waals surface area contributed by atoms with Crippen molar-refractivity contribution in [1.82, 2.24) is 9.29 Å². The number of halogens is 1. The summed E-state index contributed by atoms with van der Waals surface area (Å²) in [6.07, 6.45) is 0.708. The topological polar surface area (TPSA) is 88.6 Å². The van der Waals surface area contributed by atoms with Crippen molar-refractivity contribution in [1.29, 1.82) is 0 Å². The minimum atomic E-state index is -3.93. The van der Waals surface area contributed by atoms with Gasteiger partial charge in [-0.2, -0.15) is 4.31 Å². The number of aryl methyl sites for hydroxylation is 1. The smallest absolute Gasteiger partial charge is 0.245 e. The average Bonchev–Trinajstić information content (AvgIpc) is 3.19. The highest BCUT2D eigenvalue weighted by atomic mass is 32.2. The maximum Gasteiger partial charge on any atom is 0.245 e. The van der Waals surface area contributed by atoms with E-state index in [2.05, 4.69) is 10.3 Å². The van der Waals surface area contributed by atoms with Crippen molar-refractivity contribution in [3.05, 3.63) is 47.8 Å². The highest BCUT2D eigenvalue weighted by molar-refractivity contribution is 7.89. The highest BCUT2D eigenvalue weighted by Gasteiger charge is 2.33. The standard InChI is InChI=1S/C21H22FN3O4S2/c1-13-7-8-16(29-2)18-19(13)30-21(23-18)24-20(26)14-9-11-25(12-10-14)31(27,28)17-6-4-3-5-15(17)22/h3-8,14H,9-12H2,1-2H3,(H,23,24,26). The zero-order chi connectivity index (χ0) is 22.2. The summed E-state index contributed by atoms with van der Waals surface area (Å²) in [6.45, 7) is 2.28.